The highest BCUT2D eigenvalue weighted by atomic mass is 19.1. The van der Waals surface area contributed by atoms with Crippen LogP contribution in [0.3, 0.4) is 0 Å². The van der Waals surface area contributed by atoms with E-state index in [4.69, 9.17) is 4.42 Å². The van der Waals surface area contributed by atoms with Gasteiger partial charge >= 0.3 is 0 Å². The molecule has 2 aromatic rings. The first-order valence-corrected chi connectivity index (χ1v) is 3.41. The van der Waals surface area contributed by atoms with E-state index in [1.165, 1.54) is 12.4 Å². The molecule has 0 spiro atoms. The zero-order valence-corrected chi connectivity index (χ0v) is 6.10. The Morgan fingerprint density at radius 3 is 3.17 bits per heavy atom. The lowest BCUT2D eigenvalue weighted by molar-refractivity contribution is 0.614. The third-order valence-corrected chi connectivity index (χ3v) is 1.59. The summed E-state index contributed by atoms with van der Waals surface area (Å²) in [4.78, 5) is 0. The molecule has 0 aliphatic heterocycles. The molecule has 0 saturated carbocycles. The van der Waals surface area contributed by atoms with Gasteiger partial charge in [0.15, 0.2) is 0 Å². The largest absolute Gasteiger partial charge is 0.462 e. The molecule has 0 aliphatic carbocycles. The number of hydrogen-bond acceptors (Lipinski definition) is 1. The van der Waals surface area contributed by atoms with Gasteiger partial charge in [0.2, 0.25) is 0 Å². The second-order valence-electron chi connectivity index (χ2n) is 2.28. The van der Waals surface area contributed by atoms with E-state index in [2.05, 4.69) is 12.0 Å². The van der Waals surface area contributed by atoms with Gasteiger partial charge in [-0.3, -0.25) is 0 Å². The summed E-state index contributed by atoms with van der Waals surface area (Å²) in [5.74, 6) is 2.31. The number of benzene rings is 1. The maximum Gasteiger partial charge on any atom is 0.150 e. The quantitative estimate of drug-likeness (QED) is 0.538. The number of halogens is 1. The first-order valence-electron chi connectivity index (χ1n) is 3.41. The Hall–Kier alpha value is -1.75. The average molecular weight is 159 g/mol. The summed E-state index contributed by atoms with van der Waals surface area (Å²) in [6, 6.07) is 8.18. The Bertz CT molecular complexity index is 459. The van der Waals surface area contributed by atoms with Gasteiger partial charge in [0.25, 0.3) is 0 Å². The van der Waals surface area contributed by atoms with Crippen molar-refractivity contribution in [3.05, 3.63) is 36.1 Å². The smallest absolute Gasteiger partial charge is 0.150 e. The number of furan rings is 1. The number of fused-ring (bicyclic) bond motifs is 1. The van der Waals surface area contributed by atoms with Gasteiger partial charge in [-0.1, -0.05) is 12.1 Å². The lowest BCUT2D eigenvalue weighted by Crippen LogP contribution is -1.73. The van der Waals surface area contributed by atoms with Crippen molar-refractivity contribution in [1.82, 2.24) is 0 Å². The van der Waals surface area contributed by atoms with Crippen molar-refractivity contribution in [2.75, 3.05) is 0 Å². The molecule has 0 saturated heterocycles. The molecule has 1 radical (unpaired) electrons. The van der Waals surface area contributed by atoms with Gasteiger partial charge in [-0.2, -0.15) is 0 Å². The third-order valence-electron chi connectivity index (χ3n) is 1.59. The second-order valence-corrected chi connectivity index (χ2v) is 2.28. The highest BCUT2D eigenvalue weighted by Crippen LogP contribution is 2.17. The molecule has 1 aromatic heterocycles. The molecule has 0 N–H and O–H groups in total. The number of hydrogen-bond donors (Lipinski definition) is 0. The Labute approximate surface area is 68.8 Å². The van der Waals surface area contributed by atoms with E-state index in [0.717, 1.165) is 5.39 Å². The third kappa shape index (κ3) is 0.960. The van der Waals surface area contributed by atoms with Crippen molar-refractivity contribution in [1.29, 1.82) is 0 Å². The van der Waals surface area contributed by atoms with Crippen LogP contribution in [-0.2, 0) is 0 Å². The maximum atomic E-state index is 11.7. The molecule has 0 fully saturated rings. The summed E-state index contributed by atoms with van der Waals surface area (Å²) < 4.78 is 16.8. The van der Waals surface area contributed by atoms with Crippen molar-refractivity contribution in [3.63, 3.8) is 0 Å². The van der Waals surface area contributed by atoms with Crippen molar-refractivity contribution < 1.29 is 8.81 Å². The van der Waals surface area contributed by atoms with Crippen LogP contribution in [0.25, 0.3) is 11.0 Å². The zero-order valence-electron chi connectivity index (χ0n) is 6.10. The van der Waals surface area contributed by atoms with Gasteiger partial charge in [0.05, 0.1) is 11.8 Å². The molecule has 1 aromatic carbocycles. The van der Waals surface area contributed by atoms with Crippen molar-refractivity contribution >= 4 is 11.0 Å². The fourth-order valence-electron chi connectivity index (χ4n) is 1.08. The Morgan fingerprint density at radius 2 is 2.33 bits per heavy atom. The number of para-hydroxylation sites is 1. The van der Waals surface area contributed by atoms with Crippen LogP contribution >= 0.6 is 0 Å². The van der Waals surface area contributed by atoms with Gasteiger partial charge in [-0.15, -0.1) is 4.39 Å². The molecule has 1 nitrogen and oxygen atoms in total. The molecule has 0 aliphatic rings. The van der Waals surface area contributed by atoms with Gasteiger partial charge in [0.1, 0.15) is 11.8 Å². The molecule has 1 heterocycles. The predicted molar refractivity (Wildman–Crippen MR) is 43.0 cm³/mol. The van der Waals surface area contributed by atoms with Crippen LogP contribution in [0.2, 0.25) is 0 Å². The lowest BCUT2D eigenvalue weighted by atomic mass is 10.2. The molecular formula is C10H4FO. The fraction of sp³-hybridized carbons (Fsp3) is 0. The maximum absolute atomic E-state index is 11.7. The van der Waals surface area contributed by atoms with Crippen molar-refractivity contribution in [2.24, 2.45) is 0 Å². The molecule has 0 unspecified atom stereocenters. The molecule has 0 amide bonds. The van der Waals surface area contributed by atoms with E-state index >= 15 is 0 Å². The molecular weight excluding hydrogens is 155 g/mol. The van der Waals surface area contributed by atoms with Crippen LogP contribution in [0.1, 0.15) is 5.56 Å². The predicted octanol–water partition coefficient (Wildman–Crippen LogP) is 2.51. The Balaban J connectivity index is 2.79. The first kappa shape index (κ1) is 6.93. The molecule has 0 bridgehead atoms. The highest BCUT2D eigenvalue weighted by molar-refractivity contribution is 5.82. The van der Waals surface area contributed by atoms with Crippen molar-refractivity contribution in [3.8, 4) is 12.1 Å². The average Bonchev–Trinajstić information content (AvgIpc) is 2.53. The topological polar surface area (TPSA) is 13.1 Å². The van der Waals surface area contributed by atoms with E-state index in [-0.39, 0.29) is 0 Å². The normalized spacial score (nSPS) is 9.42. The van der Waals surface area contributed by atoms with E-state index in [1.807, 2.05) is 6.07 Å². The monoisotopic (exact) mass is 159 g/mol. The minimum atomic E-state index is 0.552. The molecule has 12 heavy (non-hydrogen) atoms. The molecule has 2 heteroatoms. The Kier molecular flexibility index (Phi) is 1.56. The number of rotatable bonds is 0. The van der Waals surface area contributed by atoms with Crippen LogP contribution < -0.4 is 0 Å². The van der Waals surface area contributed by atoms with E-state index in [1.54, 1.807) is 12.1 Å². The Morgan fingerprint density at radius 1 is 1.42 bits per heavy atom. The summed E-state index contributed by atoms with van der Waals surface area (Å²) in [6.07, 6.45) is 2.78. The summed E-state index contributed by atoms with van der Waals surface area (Å²) in [5, 5.41) is 0.815. The van der Waals surface area contributed by atoms with Crippen LogP contribution in [0, 0.1) is 18.2 Å². The van der Waals surface area contributed by atoms with E-state index < -0.39 is 0 Å². The minimum Gasteiger partial charge on any atom is -0.462 e. The van der Waals surface area contributed by atoms with Crippen LogP contribution in [-0.4, -0.2) is 0 Å². The summed E-state index contributed by atoms with van der Waals surface area (Å²) in [7, 11) is 0. The lowest BCUT2D eigenvalue weighted by Gasteiger charge is -1.89. The summed E-state index contributed by atoms with van der Waals surface area (Å²) in [5.41, 5.74) is 1.14. The first-order chi connectivity index (χ1) is 5.92. The molecule has 2 rings (SSSR count). The van der Waals surface area contributed by atoms with E-state index in [9.17, 15) is 4.39 Å². The van der Waals surface area contributed by atoms with Crippen LogP contribution in [0.5, 0.6) is 0 Å². The minimum absolute atomic E-state index is 0.552. The zero-order chi connectivity index (χ0) is 8.39. The van der Waals surface area contributed by atoms with Gasteiger partial charge < -0.3 is 4.42 Å². The molecule has 57 valence electrons. The fourth-order valence-corrected chi connectivity index (χ4v) is 1.08. The summed E-state index contributed by atoms with van der Waals surface area (Å²) in [6.45, 7) is 0. The van der Waals surface area contributed by atoms with Crippen molar-refractivity contribution in [2.45, 2.75) is 0 Å². The van der Waals surface area contributed by atoms with Crippen LogP contribution in [0.15, 0.2) is 28.9 Å². The van der Waals surface area contributed by atoms with E-state index in [0.29, 0.717) is 11.1 Å². The van der Waals surface area contributed by atoms with Gasteiger partial charge in [-0.25, -0.2) is 0 Å². The SMILES string of the molecule is FC#Cc1cccc2[c]coc12. The standard InChI is InChI=1S/C10H4FO/c11-6-4-8-2-1-3-9-5-7-12-10(8)9/h1-3,7H. The second kappa shape index (κ2) is 2.71. The van der Waals surface area contributed by atoms with Crippen LogP contribution in [0.4, 0.5) is 4.39 Å². The summed E-state index contributed by atoms with van der Waals surface area (Å²) >= 11 is 0. The molecule has 0 atom stereocenters. The highest BCUT2D eigenvalue weighted by Gasteiger charge is 2.00. The van der Waals surface area contributed by atoms with Gasteiger partial charge in [0, 0.05) is 11.5 Å². The van der Waals surface area contributed by atoms with Gasteiger partial charge in [-0.05, 0) is 12.0 Å².